The normalized spacial score (nSPS) is 10.3. The number of hydrogen-bond donors (Lipinski definition) is 1. The molecule has 0 saturated carbocycles. The molecule has 94 valence electrons. The highest BCUT2D eigenvalue weighted by Crippen LogP contribution is 2.30. The van der Waals surface area contributed by atoms with Crippen molar-refractivity contribution in [2.24, 2.45) is 5.73 Å². The van der Waals surface area contributed by atoms with Gasteiger partial charge in [0.25, 0.3) is 0 Å². The van der Waals surface area contributed by atoms with Crippen LogP contribution in [0.25, 0.3) is 0 Å². The summed E-state index contributed by atoms with van der Waals surface area (Å²) in [5, 5.41) is 0.651. The van der Waals surface area contributed by atoms with E-state index in [0.717, 1.165) is 24.3 Å². The highest BCUT2D eigenvalue weighted by Gasteiger charge is 2.11. The fourth-order valence-electron chi connectivity index (χ4n) is 1.83. The Morgan fingerprint density at radius 2 is 1.94 bits per heavy atom. The van der Waals surface area contributed by atoms with Gasteiger partial charge in [-0.1, -0.05) is 29.8 Å². The second-order valence-corrected chi connectivity index (χ2v) is 4.36. The van der Waals surface area contributed by atoms with E-state index in [9.17, 15) is 0 Å². The summed E-state index contributed by atoms with van der Waals surface area (Å²) in [6, 6.07) is 12.1. The number of hydrogen-bond acceptors (Lipinski definition) is 3. The SMILES string of the molecule is NCCCN(c1ccccc1)c1ccncc1Cl. The molecular weight excluding hydrogens is 246 g/mol. The van der Waals surface area contributed by atoms with Gasteiger partial charge in [0.1, 0.15) is 0 Å². The van der Waals surface area contributed by atoms with Crippen LogP contribution < -0.4 is 10.6 Å². The number of halogens is 1. The summed E-state index contributed by atoms with van der Waals surface area (Å²) in [4.78, 5) is 6.18. The van der Waals surface area contributed by atoms with Gasteiger partial charge in [0.2, 0.25) is 0 Å². The molecule has 0 atom stereocenters. The van der Waals surface area contributed by atoms with E-state index < -0.39 is 0 Å². The Kier molecular flexibility index (Phi) is 4.56. The third-order valence-electron chi connectivity index (χ3n) is 2.70. The molecule has 2 rings (SSSR count). The lowest BCUT2D eigenvalue weighted by Gasteiger charge is -2.25. The molecule has 18 heavy (non-hydrogen) atoms. The largest absolute Gasteiger partial charge is 0.340 e. The number of rotatable bonds is 5. The van der Waals surface area contributed by atoms with E-state index in [1.807, 2.05) is 24.3 Å². The Morgan fingerprint density at radius 1 is 1.17 bits per heavy atom. The first-order valence-corrected chi connectivity index (χ1v) is 6.33. The fraction of sp³-hybridized carbons (Fsp3) is 0.214. The van der Waals surface area contributed by atoms with Gasteiger partial charge in [-0.3, -0.25) is 4.98 Å². The molecule has 0 aliphatic rings. The Morgan fingerprint density at radius 3 is 2.61 bits per heavy atom. The van der Waals surface area contributed by atoms with Gasteiger partial charge in [0.05, 0.1) is 10.7 Å². The summed E-state index contributed by atoms with van der Waals surface area (Å²) in [6.45, 7) is 1.50. The van der Waals surface area contributed by atoms with E-state index in [2.05, 4.69) is 22.0 Å². The summed E-state index contributed by atoms with van der Waals surface area (Å²) in [5.74, 6) is 0. The number of aromatic nitrogens is 1. The molecule has 1 aromatic carbocycles. The van der Waals surface area contributed by atoms with Crippen LogP contribution in [0.15, 0.2) is 48.8 Å². The molecule has 2 aromatic rings. The van der Waals surface area contributed by atoms with Crippen LogP contribution in [-0.2, 0) is 0 Å². The zero-order chi connectivity index (χ0) is 12.8. The molecule has 0 aliphatic heterocycles. The molecule has 3 nitrogen and oxygen atoms in total. The van der Waals surface area contributed by atoms with E-state index >= 15 is 0 Å². The molecule has 4 heteroatoms. The van der Waals surface area contributed by atoms with Crippen molar-refractivity contribution in [2.45, 2.75) is 6.42 Å². The summed E-state index contributed by atoms with van der Waals surface area (Å²) >= 11 is 6.21. The van der Waals surface area contributed by atoms with Crippen molar-refractivity contribution in [3.05, 3.63) is 53.8 Å². The highest BCUT2D eigenvalue weighted by molar-refractivity contribution is 6.33. The second kappa shape index (κ2) is 6.38. The molecule has 0 spiro atoms. The summed E-state index contributed by atoms with van der Waals surface area (Å²) in [6.07, 6.45) is 4.32. The molecule has 0 fully saturated rings. The van der Waals surface area contributed by atoms with Crippen molar-refractivity contribution in [2.75, 3.05) is 18.0 Å². The number of para-hydroxylation sites is 1. The molecule has 0 amide bonds. The Labute approximate surface area is 112 Å². The summed E-state index contributed by atoms with van der Waals surface area (Å²) in [7, 11) is 0. The highest BCUT2D eigenvalue weighted by atomic mass is 35.5. The predicted molar refractivity (Wildman–Crippen MR) is 76.4 cm³/mol. The zero-order valence-electron chi connectivity index (χ0n) is 10.1. The number of nitrogens with two attached hydrogens (primary N) is 1. The van der Waals surface area contributed by atoms with Crippen LogP contribution in [0.2, 0.25) is 5.02 Å². The first-order valence-electron chi connectivity index (χ1n) is 5.95. The van der Waals surface area contributed by atoms with Gasteiger partial charge in [-0.15, -0.1) is 0 Å². The minimum absolute atomic E-state index is 0.651. The van der Waals surface area contributed by atoms with Gasteiger partial charge in [0, 0.05) is 24.6 Å². The molecule has 1 heterocycles. The van der Waals surface area contributed by atoms with E-state index in [1.165, 1.54) is 0 Å². The quantitative estimate of drug-likeness (QED) is 0.899. The lowest BCUT2D eigenvalue weighted by molar-refractivity contribution is 0.817. The molecule has 0 radical (unpaired) electrons. The summed E-state index contributed by atoms with van der Waals surface area (Å²) in [5.41, 5.74) is 7.67. The molecular formula is C14H16ClN3. The maximum Gasteiger partial charge on any atom is 0.0826 e. The molecule has 0 bridgehead atoms. The van der Waals surface area contributed by atoms with E-state index in [0.29, 0.717) is 11.6 Å². The lowest BCUT2D eigenvalue weighted by Crippen LogP contribution is -2.21. The van der Waals surface area contributed by atoms with Gasteiger partial charge in [-0.05, 0) is 31.2 Å². The van der Waals surface area contributed by atoms with Gasteiger partial charge < -0.3 is 10.6 Å². The molecule has 0 saturated heterocycles. The zero-order valence-corrected chi connectivity index (χ0v) is 10.8. The number of anilines is 2. The van der Waals surface area contributed by atoms with Gasteiger partial charge in [0.15, 0.2) is 0 Å². The van der Waals surface area contributed by atoms with Crippen molar-refractivity contribution in [3.63, 3.8) is 0 Å². The van der Waals surface area contributed by atoms with Gasteiger partial charge >= 0.3 is 0 Å². The van der Waals surface area contributed by atoms with Crippen molar-refractivity contribution < 1.29 is 0 Å². The maximum absolute atomic E-state index is 6.21. The minimum atomic E-state index is 0.651. The van der Waals surface area contributed by atoms with Crippen LogP contribution in [0.1, 0.15) is 6.42 Å². The first-order chi connectivity index (χ1) is 8.83. The predicted octanol–water partition coefficient (Wildman–Crippen LogP) is 3.22. The minimum Gasteiger partial charge on any atom is -0.340 e. The molecule has 0 aliphatic carbocycles. The van der Waals surface area contributed by atoms with Crippen LogP contribution in [0, 0.1) is 0 Å². The standard InChI is InChI=1S/C14H16ClN3/c15-13-11-17-9-7-14(13)18(10-4-8-16)12-5-2-1-3-6-12/h1-3,5-7,9,11H,4,8,10,16H2. The van der Waals surface area contributed by atoms with Crippen molar-refractivity contribution >= 4 is 23.0 Å². The first kappa shape index (κ1) is 12.9. The topological polar surface area (TPSA) is 42.1 Å². The van der Waals surface area contributed by atoms with Crippen LogP contribution in [0.5, 0.6) is 0 Å². The fourth-order valence-corrected chi connectivity index (χ4v) is 2.05. The van der Waals surface area contributed by atoms with Gasteiger partial charge in [-0.25, -0.2) is 0 Å². The van der Waals surface area contributed by atoms with Crippen LogP contribution in [-0.4, -0.2) is 18.1 Å². The Hall–Kier alpha value is -1.58. The third kappa shape index (κ3) is 3.00. The average molecular weight is 262 g/mol. The second-order valence-electron chi connectivity index (χ2n) is 3.96. The number of pyridine rings is 1. The van der Waals surface area contributed by atoms with Crippen LogP contribution in [0.3, 0.4) is 0 Å². The van der Waals surface area contributed by atoms with Crippen LogP contribution >= 0.6 is 11.6 Å². The smallest absolute Gasteiger partial charge is 0.0826 e. The van der Waals surface area contributed by atoms with Crippen molar-refractivity contribution in [1.29, 1.82) is 0 Å². The maximum atomic E-state index is 6.21. The van der Waals surface area contributed by atoms with Crippen LogP contribution in [0.4, 0.5) is 11.4 Å². The Balaban J connectivity index is 2.34. The number of nitrogens with zero attached hydrogens (tertiary/aromatic N) is 2. The van der Waals surface area contributed by atoms with E-state index in [4.69, 9.17) is 17.3 Å². The van der Waals surface area contributed by atoms with Crippen molar-refractivity contribution in [1.82, 2.24) is 4.98 Å². The van der Waals surface area contributed by atoms with Crippen molar-refractivity contribution in [3.8, 4) is 0 Å². The lowest BCUT2D eigenvalue weighted by atomic mass is 10.2. The van der Waals surface area contributed by atoms with Gasteiger partial charge in [-0.2, -0.15) is 0 Å². The third-order valence-corrected chi connectivity index (χ3v) is 2.99. The van der Waals surface area contributed by atoms with E-state index in [1.54, 1.807) is 12.4 Å². The molecule has 1 aromatic heterocycles. The Bertz CT molecular complexity index is 487. The van der Waals surface area contributed by atoms with E-state index in [-0.39, 0.29) is 0 Å². The monoisotopic (exact) mass is 261 g/mol. The number of benzene rings is 1. The summed E-state index contributed by atoms with van der Waals surface area (Å²) < 4.78 is 0. The molecule has 0 unspecified atom stereocenters. The molecule has 2 N–H and O–H groups in total. The average Bonchev–Trinajstić information content (AvgIpc) is 2.42.